The van der Waals surface area contributed by atoms with E-state index in [2.05, 4.69) is 0 Å². The van der Waals surface area contributed by atoms with Gasteiger partial charge in [0.2, 0.25) is 0 Å². The van der Waals surface area contributed by atoms with Crippen molar-refractivity contribution in [1.82, 2.24) is 10.6 Å². The van der Waals surface area contributed by atoms with E-state index in [0.29, 0.717) is 21.6 Å². The van der Waals surface area contributed by atoms with Crippen LogP contribution in [0.25, 0.3) is 6.08 Å². The Morgan fingerprint density at radius 2 is 1.67 bits per heavy atom. The number of barbiturate groups is 1. The summed E-state index contributed by atoms with van der Waals surface area (Å²) in [7, 11) is 0. The monoisotopic (exact) mass is 362 g/mol. The molecule has 1 fully saturated rings. The van der Waals surface area contributed by atoms with E-state index >= 15 is 0 Å². The fraction of sp³-hybridized carbons (Fsp3) is 0.0625. The number of imide groups is 2. The van der Waals surface area contributed by atoms with Gasteiger partial charge in [-0.25, -0.2) is 4.79 Å². The van der Waals surface area contributed by atoms with Gasteiger partial charge in [0, 0.05) is 10.8 Å². The third-order valence-corrected chi connectivity index (χ3v) is 4.36. The molecule has 0 radical (unpaired) electrons. The summed E-state index contributed by atoms with van der Waals surface area (Å²) in [4.78, 5) is 34.3. The number of carbonyl (C=O) groups is 3. The molecular formula is C16H11ClN2O4S. The Kier molecular flexibility index (Phi) is 4.73. The molecule has 0 aliphatic carbocycles. The molecule has 0 atom stereocenters. The van der Waals surface area contributed by atoms with Crippen molar-refractivity contribution in [3.8, 4) is 0 Å². The van der Waals surface area contributed by atoms with E-state index in [1.807, 2.05) is 34.9 Å². The Bertz CT molecular complexity index is 820. The molecule has 0 saturated carbocycles. The second kappa shape index (κ2) is 6.94. The second-order valence-electron chi connectivity index (χ2n) is 4.87. The molecule has 8 heteroatoms. The minimum Gasteiger partial charge on any atom is -0.450 e. The largest absolute Gasteiger partial charge is 0.450 e. The average molecular weight is 363 g/mol. The predicted octanol–water partition coefficient (Wildman–Crippen LogP) is 2.97. The van der Waals surface area contributed by atoms with E-state index in [-0.39, 0.29) is 5.57 Å². The first kappa shape index (κ1) is 16.4. The standard InChI is InChI=1S/C16H11ClN2O4S/c17-10-3-1-9(2-4-10)8-24-13-6-5-11(23-13)7-12-14(20)18-16(22)19-15(12)21/h1-7H,8H2,(H2,18,19,20,21,22). The zero-order valence-electron chi connectivity index (χ0n) is 12.2. The smallest absolute Gasteiger partial charge is 0.328 e. The van der Waals surface area contributed by atoms with Crippen LogP contribution in [0.4, 0.5) is 4.79 Å². The van der Waals surface area contributed by atoms with Gasteiger partial charge < -0.3 is 4.42 Å². The molecule has 2 heterocycles. The fourth-order valence-corrected chi connectivity index (χ4v) is 2.92. The van der Waals surface area contributed by atoms with Gasteiger partial charge in [0.15, 0.2) is 5.09 Å². The zero-order valence-corrected chi connectivity index (χ0v) is 13.7. The van der Waals surface area contributed by atoms with Crippen LogP contribution in [0, 0.1) is 0 Å². The summed E-state index contributed by atoms with van der Waals surface area (Å²) in [6.45, 7) is 0. The molecule has 1 aromatic carbocycles. The zero-order chi connectivity index (χ0) is 17.1. The first-order valence-electron chi connectivity index (χ1n) is 6.87. The van der Waals surface area contributed by atoms with Crippen molar-refractivity contribution in [2.24, 2.45) is 0 Å². The topological polar surface area (TPSA) is 88.4 Å². The molecular weight excluding hydrogens is 352 g/mol. The van der Waals surface area contributed by atoms with Crippen LogP contribution >= 0.6 is 23.4 Å². The summed E-state index contributed by atoms with van der Waals surface area (Å²) in [6, 6.07) is 10.0. The molecule has 0 unspecified atom stereocenters. The Labute approximate surface area is 146 Å². The fourth-order valence-electron chi connectivity index (χ4n) is 1.97. The molecule has 1 aromatic heterocycles. The van der Waals surface area contributed by atoms with Gasteiger partial charge in [-0.3, -0.25) is 20.2 Å². The van der Waals surface area contributed by atoms with Crippen molar-refractivity contribution in [3.05, 3.63) is 58.3 Å². The first-order valence-corrected chi connectivity index (χ1v) is 8.23. The van der Waals surface area contributed by atoms with Crippen molar-refractivity contribution in [3.63, 3.8) is 0 Å². The summed E-state index contributed by atoms with van der Waals surface area (Å²) in [5.74, 6) is -0.467. The molecule has 0 bridgehead atoms. The van der Waals surface area contributed by atoms with Gasteiger partial charge >= 0.3 is 6.03 Å². The highest BCUT2D eigenvalue weighted by molar-refractivity contribution is 7.98. The second-order valence-corrected chi connectivity index (χ2v) is 6.28. The summed E-state index contributed by atoms with van der Waals surface area (Å²) >= 11 is 7.31. The quantitative estimate of drug-likeness (QED) is 0.496. The number of furan rings is 1. The molecule has 1 aliphatic heterocycles. The number of nitrogens with one attached hydrogen (secondary N) is 2. The van der Waals surface area contributed by atoms with Crippen molar-refractivity contribution < 1.29 is 18.8 Å². The number of thioether (sulfide) groups is 1. The normalized spacial score (nSPS) is 14.4. The highest BCUT2D eigenvalue weighted by Crippen LogP contribution is 2.26. The molecule has 6 nitrogen and oxygen atoms in total. The number of hydrogen-bond donors (Lipinski definition) is 2. The number of halogens is 1. The van der Waals surface area contributed by atoms with Crippen molar-refractivity contribution in [1.29, 1.82) is 0 Å². The van der Waals surface area contributed by atoms with Gasteiger partial charge in [0.05, 0.1) is 0 Å². The van der Waals surface area contributed by atoms with Gasteiger partial charge in [-0.2, -0.15) is 0 Å². The number of rotatable bonds is 4. The number of benzene rings is 1. The number of amides is 4. The molecule has 0 spiro atoms. The molecule has 2 aromatic rings. The molecule has 4 amide bonds. The van der Waals surface area contributed by atoms with Crippen LogP contribution in [0.3, 0.4) is 0 Å². The van der Waals surface area contributed by atoms with Crippen LogP contribution in [0.5, 0.6) is 0 Å². The number of carbonyl (C=O) groups excluding carboxylic acids is 3. The first-order chi connectivity index (χ1) is 11.5. The molecule has 3 rings (SSSR count). The van der Waals surface area contributed by atoms with Gasteiger partial charge in [-0.05, 0) is 35.9 Å². The van der Waals surface area contributed by atoms with E-state index in [1.165, 1.54) is 17.8 Å². The van der Waals surface area contributed by atoms with Crippen molar-refractivity contribution >= 4 is 47.3 Å². The highest BCUT2D eigenvalue weighted by atomic mass is 35.5. The Morgan fingerprint density at radius 1 is 1.00 bits per heavy atom. The highest BCUT2D eigenvalue weighted by Gasteiger charge is 2.28. The lowest BCUT2D eigenvalue weighted by molar-refractivity contribution is -0.123. The van der Waals surface area contributed by atoms with Gasteiger partial charge in [0.25, 0.3) is 11.8 Å². The minimum absolute atomic E-state index is 0.182. The van der Waals surface area contributed by atoms with Crippen molar-refractivity contribution in [2.45, 2.75) is 10.8 Å². The lowest BCUT2D eigenvalue weighted by Gasteiger charge is -2.13. The van der Waals surface area contributed by atoms with Crippen LogP contribution in [0.1, 0.15) is 11.3 Å². The lowest BCUT2D eigenvalue weighted by atomic mass is 10.1. The molecule has 1 aliphatic rings. The van der Waals surface area contributed by atoms with E-state index in [4.69, 9.17) is 16.0 Å². The average Bonchev–Trinajstić information content (AvgIpc) is 2.98. The van der Waals surface area contributed by atoms with E-state index < -0.39 is 17.8 Å². The van der Waals surface area contributed by atoms with Gasteiger partial charge in [0.1, 0.15) is 11.3 Å². The maximum atomic E-state index is 11.6. The minimum atomic E-state index is -0.833. The predicted molar refractivity (Wildman–Crippen MR) is 89.4 cm³/mol. The molecule has 2 N–H and O–H groups in total. The van der Waals surface area contributed by atoms with Gasteiger partial charge in [-0.1, -0.05) is 35.5 Å². The van der Waals surface area contributed by atoms with Crippen LogP contribution in [-0.2, 0) is 15.3 Å². The maximum absolute atomic E-state index is 11.6. The Hall–Kier alpha value is -2.51. The SMILES string of the molecule is O=C1NC(=O)C(=Cc2ccc(SCc3ccc(Cl)cc3)o2)C(=O)N1. The van der Waals surface area contributed by atoms with Crippen LogP contribution in [0.15, 0.2) is 51.5 Å². The van der Waals surface area contributed by atoms with Crippen LogP contribution in [0.2, 0.25) is 5.02 Å². The lowest BCUT2D eigenvalue weighted by Crippen LogP contribution is -2.51. The van der Waals surface area contributed by atoms with Crippen LogP contribution in [-0.4, -0.2) is 17.8 Å². The molecule has 122 valence electrons. The number of urea groups is 1. The third-order valence-electron chi connectivity index (χ3n) is 3.13. The maximum Gasteiger partial charge on any atom is 0.328 e. The third kappa shape index (κ3) is 3.87. The summed E-state index contributed by atoms with van der Waals surface area (Å²) in [5.41, 5.74) is 0.906. The Morgan fingerprint density at radius 3 is 2.33 bits per heavy atom. The van der Waals surface area contributed by atoms with Crippen molar-refractivity contribution in [2.75, 3.05) is 0 Å². The van der Waals surface area contributed by atoms with Gasteiger partial charge in [-0.15, -0.1) is 0 Å². The summed E-state index contributed by atoms with van der Waals surface area (Å²) < 4.78 is 5.57. The molecule has 24 heavy (non-hydrogen) atoms. The Balaban J connectivity index is 1.68. The summed E-state index contributed by atoms with van der Waals surface area (Å²) in [6.07, 6.45) is 1.30. The van der Waals surface area contributed by atoms with Crippen LogP contribution < -0.4 is 10.6 Å². The van der Waals surface area contributed by atoms with E-state index in [0.717, 1.165) is 5.56 Å². The van der Waals surface area contributed by atoms with E-state index in [1.54, 1.807) is 12.1 Å². The number of hydrogen-bond acceptors (Lipinski definition) is 5. The molecule has 1 saturated heterocycles. The summed E-state index contributed by atoms with van der Waals surface area (Å²) in [5, 5.41) is 5.33. The van der Waals surface area contributed by atoms with E-state index in [9.17, 15) is 14.4 Å².